The van der Waals surface area contributed by atoms with Crippen molar-refractivity contribution in [2.75, 3.05) is 37.4 Å². The number of halogens is 4. The summed E-state index contributed by atoms with van der Waals surface area (Å²) in [7, 11) is -1.59. The maximum absolute atomic E-state index is 13.6. The average Bonchev–Trinajstić information content (AvgIpc) is 2.81. The summed E-state index contributed by atoms with van der Waals surface area (Å²) in [6.45, 7) is 1.19. The quantitative estimate of drug-likeness (QED) is 0.590. The van der Waals surface area contributed by atoms with E-state index in [-0.39, 0.29) is 20.5 Å². The fraction of sp³-hybridized carbons (Fsp3) is 0.381. The lowest BCUT2D eigenvalue weighted by Gasteiger charge is -2.27. The van der Waals surface area contributed by atoms with Gasteiger partial charge in [-0.15, -0.1) is 0 Å². The van der Waals surface area contributed by atoms with Crippen LogP contribution in [0.2, 0.25) is 5.02 Å². The van der Waals surface area contributed by atoms with Crippen molar-refractivity contribution in [2.45, 2.75) is 23.9 Å². The van der Waals surface area contributed by atoms with E-state index in [2.05, 4.69) is 15.6 Å². The number of alkyl halides is 3. The molecule has 2 aromatic rings. The van der Waals surface area contributed by atoms with E-state index in [1.165, 1.54) is 20.2 Å². The Morgan fingerprint density at radius 1 is 1.14 bits per heavy atom. The molecule has 0 bridgehead atoms. The molecule has 9 nitrogen and oxygen atoms in total. The van der Waals surface area contributed by atoms with Crippen LogP contribution in [0.25, 0.3) is 0 Å². The Hall–Kier alpha value is -2.74. The number of pyridine rings is 1. The SMILES string of the molecule is CN(C)S(=O)(=O)c1ccc(NC(=O)C2CCNCC2)c(N(C(=O)C(F)(F)F)c2ccc(Cl)cn2)c1. The number of amides is 2. The Labute approximate surface area is 205 Å². The van der Waals surface area contributed by atoms with E-state index in [4.69, 9.17) is 11.6 Å². The fourth-order valence-corrected chi connectivity index (χ4v) is 4.49. The number of nitrogens with one attached hydrogen (secondary N) is 2. The maximum Gasteiger partial charge on any atom is 0.472 e. The van der Waals surface area contributed by atoms with Gasteiger partial charge in [-0.2, -0.15) is 13.2 Å². The molecule has 2 heterocycles. The van der Waals surface area contributed by atoms with E-state index in [0.29, 0.717) is 25.9 Å². The van der Waals surface area contributed by atoms with Crippen molar-refractivity contribution in [3.8, 4) is 0 Å². The number of hydrogen-bond donors (Lipinski definition) is 2. The number of anilines is 3. The predicted molar refractivity (Wildman–Crippen MR) is 124 cm³/mol. The first kappa shape index (κ1) is 26.9. The molecule has 0 unspecified atom stereocenters. The molecule has 1 aliphatic rings. The summed E-state index contributed by atoms with van der Waals surface area (Å²) in [5, 5.41) is 5.78. The van der Waals surface area contributed by atoms with Gasteiger partial charge in [-0.05, 0) is 56.3 Å². The van der Waals surface area contributed by atoms with E-state index in [9.17, 15) is 31.2 Å². The molecule has 0 atom stereocenters. The van der Waals surface area contributed by atoms with Crippen LogP contribution in [0.1, 0.15) is 12.8 Å². The summed E-state index contributed by atoms with van der Waals surface area (Å²) in [5.74, 6) is -3.66. The molecule has 35 heavy (non-hydrogen) atoms. The third-order valence-corrected chi connectivity index (χ3v) is 7.38. The predicted octanol–water partition coefficient (Wildman–Crippen LogP) is 3.15. The van der Waals surface area contributed by atoms with Crippen LogP contribution < -0.4 is 15.5 Å². The first-order valence-corrected chi connectivity index (χ1v) is 12.2. The summed E-state index contributed by atoms with van der Waals surface area (Å²) in [4.78, 5) is 29.0. The standard InChI is InChI=1S/C21H23ClF3N5O4S/c1-29(2)35(33,34)15-4-5-16(28-19(31)13-7-9-26-10-8-13)17(11-15)30(20(32)21(23,24)25)18-6-3-14(22)12-27-18/h3-6,11-13,26H,7-10H2,1-2H3,(H,28,31). The topological polar surface area (TPSA) is 112 Å². The lowest BCUT2D eigenvalue weighted by Crippen LogP contribution is -2.39. The van der Waals surface area contributed by atoms with Crippen molar-refractivity contribution in [2.24, 2.45) is 5.92 Å². The molecule has 3 rings (SSSR count). The molecule has 2 N–H and O–H groups in total. The summed E-state index contributed by atoms with van der Waals surface area (Å²) in [6.07, 6.45) is -3.27. The molecule has 14 heteroatoms. The van der Waals surface area contributed by atoms with Crippen LogP contribution in [0.5, 0.6) is 0 Å². The van der Waals surface area contributed by atoms with E-state index >= 15 is 0 Å². The van der Waals surface area contributed by atoms with Gasteiger partial charge in [0.1, 0.15) is 5.82 Å². The minimum absolute atomic E-state index is 0.108. The highest BCUT2D eigenvalue weighted by Gasteiger charge is 2.45. The minimum atomic E-state index is -5.34. The van der Waals surface area contributed by atoms with E-state index in [0.717, 1.165) is 34.8 Å². The van der Waals surface area contributed by atoms with Crippen LogP contribution in [0.4, 0.5) is 30.4 Å². The molecule has 1 aliphatic heterocycles. The van der Waals surface area contributed by atoms with Gasteiger partial charge in [-0.25, -0.2) is 17.7 Å². The van der Waals surface area contributed by atoms with Crippen molar-refractivity contribution in [3.05, 3.63) is 41.6 Å². The zero-order valence-corrected chi connectivity index (χ0v) is 20.3. The number of nitrogens with zero attached hydrogens (tertiary/aromatic N) is 3. The molecule has 0 aliphatic carbocycles. The largest absolute Gasteiger partial charge is 0.472 e. The second-order valence-corrected chi connectivity index (χ2v) is 10.5. The number of piperidine rings is 1. The lowest BCUT2D eigenvalue weighted by atomic mass is 9.97. The maximum atomic E-state index is 13.6. The van der Waals surface area contributed by atoms with Crippen LogP contribution in [-0.2, 0) is 19.6 Å². The zero-order valence-electron chi connectivity index (χ0n) is 18.8. The van der Waals surface area contributed by atoms with Gasteiger partial charge in [0.15, 0.2) is 0 Å². The van der Waals surface area contributed by atoms with E-state index < -0.39 is 45.4 Å². The summed E-state index contributed by atoms with van der Waals surface area (Å²) < 4.78 is 67.2. The first-order valence-electron chi connectivity index (χ1n) is 10.4. The molecule has 1 saturated heterocycles. The van der Waals surface area contributed by atoms with Gasteiger partial charge in [0, 0.05) is 26.2 Å². The molecule has 190 valence electrons. The van der Waals surface area contributed by atoms with Crippen LogP contribution in [-0.4, -0.2) is 62.9 Å². The smallest absolute Gasteiger partial charge is 0.324 e. The first-order chi connectivity index (χ1) is 16.3. The summed E-state index contributed by atoms with van der Waals surface area (Å²) in [5.41, 5.74) is -0.687. The molecule has 0 spiro atoms. The van der Waals surface area contributed by atoms with E-state index in [1.807, 2.05) is 0 Å². The Morgan fingerprint density at radius 3 is 2.34 bits per heavy atom. The van der Waals surface area contributed by atoms with Gasteiger partial charge in [-0.1, -0.05) is 11.6 Å². The second-order valence-electron chi connectivity index (χ2n) is 7.95. The van der Waals surface area contributed by atoms with Gasteiger partial charge in [0.25, 0.3) is 0 Å². The number of carbonyl (C=O) groups is 2. The Kier molecular flexibility index (Phi) is 8.04. The van der Waals surface area contributed by atoms with Crippen molar-refractivity contribution >= 4 is 50.6 Å². The molecule has 1 aromatic carbocycles. The molecule has 2 amide bonds. The second kappa shape index (κ2) is 10.5. The van der Waals surface area contributed by atoms with Crippen molar-refractivity contribution in [1.29, 1.82) is 0 Å². The number of aromatic nitrogens is 1. The Balaban J connectivity index is 2.19. The monoisotopic (exact) mass is 533 g/mol. The van der Waals surface area contributed by atoms with Crippen molar-refractivity contribution < 1.29 is 31.2 Å². The van der Waals surface area contributed by atoms with Gasteiger partial charge in [0.05, 0.1) is 21.3 Å². The number of sulfonamides is 1. The van der Waals surface area contributed by atoms with Crippen LogP contribution >= 0.6 is 11.6 Å². The third kappa shape index (κ3) is 6.10. The van der Waals surface area contributed by atoms with Crippen LogP contribution in [0, 0.1) is 5.92 Å². The number of benzene rings is 1. The highest BCUT2D eigenvalue weighted by molar-refractivity contribution is 7.89. The molecule has 1 aromatic heterocycles. The van der Waals surface area contributed by atoms with Crippen LogP contribution in [0.3, 0.4) is 0 Å². The lowest BCUT2D eigenvalue weighted by molar-refractivity contribution is -0.169. The molecule has 1 fully saturated rings. The van der Waals surface area contributed by atoms with Crippen LogP contribution in [0.15, 0.2) is 41.4 Å². The Morgan fingerprint density at radius 2 is 1.80 bits per heavy atom. The highest BCUT2D eigenvalue weighted by Crippen LogP contribution is 2.37. The highest BCUT2D eigenvalue weighted by atomic mass is 35.5. The molecule has 0 radical (unpaired) electrons. The number of carbonyl (C=O) groups excluding carboxylic acids is 2. The average molecular weight is 534 g/mol. The minimum Gasteiger partial charge on any atom is -0.324 e. The molecule has 0 saturated carbocycles. The van der Waals surface area contributed by atoms with Gasteiger partial charge in [0.2, 0.25) is 15.9 Å². The number of rotatable bonds is 6. The van der Waals surface area contributed by atoms with Gasteiger partial charge >= 0.3 is 12.1 Å². The van der Waals surface area contributed by atoms with Gasteiger partial charge < -0.3 is 10.6 Å². The van der Waals surface area contributed by atoms with Gasteiger partial charge in [-0.3, -0.25) is 14.5 Å². The van der Waals surface area contributed by atoms with Crippen molar-refractivity contribution in [3.63, 3.8) is 0 Å². The molecular formula is C21H23ClF3N5O4S. The number of hydrogen-bond acceptors (Lipinski definition) is 6. The summed E-state index contributed by atoms with van der Waals surface area (Å²) in [6, 6.07) is 5.50. The summed E-state index contributed by atoms with van der Waals surface area (Å²) >= 11 is 5.80. The van der Waals surface area contributed by atoms with E-state index in [1.54, 1.807) is 0 Å². The normalized spacial score (nSPS) is 15.2. The Bertz CT molecular complexity index is 1200. The molecular weight excluding hydrogens is 511 g/mol. The van der Waals surface area contributed by atoms with Crippen molar-refractivity contribution in [1.82, 2.24) is 14.6 Å². The fourth-order valence-electron chi connectivity index (χ4n) is 3.46. The third-order valence-electron chi connectivity index (χ3n) is 5.34. The zero-order chi connectivity index (χ0) is 26.0.